The summed E-state index contributed by atoms with van der Waals surface area (Å²) < 4.78 is 0. The summed E-state index contributed by atoms with van der Waals surface area (Å²) in [4.78, 5) is 6.50. The van der Waals surface area contributed by atoms with Gasteiger partial charge in [0.15, 0.2) is 0 Å². The Labute approximate surface area is 98.1 Å². The van der Waals surface area contributed by atoms with Crippen molar-refractivity contribution < 1.29 is 5.11 Å². The van der Waals surface area contributed by atoms with E-state index in [1.165, 1.54) is 0 Å². The SMILES string of the molecule is CC(O)c1cccnc1N(C)C(C)C(C)C. The lowest BCUT2D eigenvalue weighted by molar-refractivity contribution is 0.199. The van der Waals surface area contributed by atoms with Crippen LogP contribution in [0.3, 0.4) is 0 Å². The molecular formula is C13H22N2O. The molecule has 1 aromatic rings. The van der Waals surface area contributed by atoms with Crippen molar-refractivity contribution in [2.45, 2.75) is 39.8 Å². The van der Waals surface area contributed by atoms with Crippen molar-refractivity contribution in [1.82, 2.24) is 4.98 Å². The molecule has 1 rings (SSSR count). The van der Waals surface area contributed by atoms with Gasteiger partial charge in [-0.1, -0.05) is 19.9 Å². The van der Waals surface area contributed by atoms with Crippen LogP contribution in [0.15, 0.2) is 18.3 Å². The van der Waals surface area contributed by atoms with Gasteiger partial charge in [-0.2, -0.15) is 0 Å². The summed E-state index contributed by atoms with van der Waals surface area (Å²) in [6.07, 6.45) is 1.29. The highest BCUT2D eigenvalue weighted by Crippen LogP contribution is 2.25. The second kappa shape index (κ2) is 5.30. The topological polar surface area (TPSA) is 36.4 Å². The molecule has 0 amide bonds. The molecule has 0 saturated carbocycles. The van der Waals surface area contributed by atoms with Crippen LogP contribution in [0, 0.1) is 5.92 Å². The third kappa shape index (κ3) is 2.73. The van der Waals surface area contributed by atoms with Gasteiger partial charge in [-0.15, -0.1) is 0 Å². The zero-order valence-electron chi connectivity index (χ0n) is 10.8. The molecule has 0 saturated heterocycles. The van der Waals surface area contributed by atoms with Gasteiger partial charge < -0.3 is 10.0 Å². The highest BCUT2D eigenvalue weighted by atomic mass is 16.3. The normalized spacial score (nSPS) is 14.9. The summed E-state index contributed by atoms with van der Waals surface area (Å²) in [6, 6.07) is 4.18. The molecule has 0 fully saturated rings. The summed E-state index contributed by atoms with van der Waals surface area (Å²) >= 11 is 0. The van der Waals surface area contributed by atoms with E-state index in [-0.39, 0.29) is 0 Å². The molecule has 1 N–H and O–H groups in total. The van der Waals surface area contributed by atoms with Gasteiger partial charge in [0.2, 0.25) is 0 Å². The summed E-state index contributed by atoms with van der Waals surface area (Å²) in [7, 11) is 2.03. The van der Waals surface area contributed by atoms with Crippen LogP contribution in [0.2, 0.25) is 0 Å². The minimum Gasteiger partial charge on any atom is -0.389 e. The first-order valence-corrected chi connectivity index (χ1v) is 5.81. The Hall–Kier alpha value is -1.09. The molecule has 3 nitrogen and oxygen atoms in total. The monoisotopic (exact) mass is 222 g/mol. The van der Waals surface area contributed by atoms with Crippen molar-refractivity contribution in [2.75, 3.05) is 11.9 Å². The molecule has 0 aliphatic rings. The fourth-order valence-electron chi connectivity index (χ4n) is 1.67. The van der Waals surface area contributed by atoms with Crippen LogP contribution < -0.4 is 4.90 Å². The first kappa shape index (κ1) is 13.0. The lowest BCUT2D eigenvalue weighted by atomic mass is 10.0. The number of aliphatic hydroxyl groups excluding tert-OH is 1. The molecule has 16 heavy (non-hydrogen) atoms. The van der Waals surface area contributed by atoms with Crippen molar-refractivity contribution in [3.8, 4) is 0 Å². The molecule has 0 radical (unpaired) electrons. The standard InChI is InChI=1S/C13H22N2O/c1-9(2)10(3)15(5)13-12(11(4)16)7-6-8-14-13/h6-11,16H,1-5H3. The summed E-state index contributed by atoms with van der Waals surface area (Å²) in [5.74, 6) is 1.42. The molecule has 1 heterocycles. The van der Waals surface area contributed by atoms with Crippen LogP contribution in [0.5, 0.6) is 0 Å². The molecule has 0 bridgehead atoms. The van der Waals surface area contributed by atoms with E-state index in [2.05, 4.69) is 30.7 Å². The first-order valence-electron chi connectivity index (χ1n) is 5.81. The van der Waals surface area contributed by atoms with Crippen molar-refractivity contribution in [3.63, 3.8) is 0 Å². The van der Waals surface area contributed by atoms with E-state index in [1.807, 2.05) is 19.2 Å². The largest absolute Gasteiger partial charge is 0.389 e. The lowest BCUT2D eigenvalue weighted by Crippen LogP contribution is -2.34. The van der Waals surface area contributed by atoms with Crippen molar-refractivity contribution >= 4 is 5.82 Å². The molecule has 90 valence electrons. The Bertz CT molecular complexity index is 336. The van der Waals surface area contributed by atoms with Gasteiger partial charge in [-0.25, -0.2) is 4.98 Å². The minimum atomic E-state index is -0.481. The van der Waals surface area contributed by atoms with Crippen LogP contribution in [0.25, 0.3) is 0 Å². The fraction of sp³-hybridized carbons (Fsp3) is 0.615. The van der Waals surface area contributed by atoms with Gasteiger partial charge in [-0.05, 0) is 25.8 Å². The maximum Gasteiger partial charge on any atom is 0.134 e. The van der Waals surface area contributed by atoms with Crippen molar-refractivity contribution in [1.29, 1.82) is 0 Å². The van der Waals surface area contributed by atoms with E-state index in [9.17, 15) is 5.11 Å². The average Bonchev–Trinajstić information content (AvgIpc) is 2.26. The van der Waals surface area contributed by atoms with Crippen molar-refractivity contribution in [3.05, 3.63) is 23.9 Å². The molecule has 0 aliphatic carbocycles. The number of anilines is 1. The highest BCUT2D eigenvalue weighted by Gasteiger charge is 2.18. The second-order valence-corrected chi connectivity index (χ2v) is 4.69. The lowest BCUT2D eigenvalue weighted by Gasteiger charge is -2.30. The number of aliphatic hydroxyl groups is 1. The first-order chi connectivity index (χ1) is 7.45. The predicted octanol–water partition coefficient (Wildman–Crippen LogP) is 2.62. The van der Waals surface area contributed by atoms with Gasteiger partial charge in [0.25, 0.3) is 0 Å². The van der Waals surface area contributed by atoms with Crippen LogP contribution in [0.1, 0.15) is 39.4 Å². The van der Waals surface area contributed by atoms with E-state index in [0.717, 1.165) is 11.4 Å². The van der Waals surface area contributed by atoms with Gasteiger partial charge in [0.1, 0.15) is 5.82 Å². The number of nitrogens with zero attached hydrogens (tertiary/aromatic N) is 2. The zero-order valence-corrected chi connectivity index (χ0v) is 10.8. The molecule has 0 spiro atoms. The van der Waals surface area contributed by atoms with E-state index >= 15 is 0 Å². The number of aromatic nitrogens is 1. The van der Waals surface area contributed by atoms with Gasteiger partial charge in [0.05, 0.1) is 6.10 Å². The van der Waals surface area contributed by atoms with E-state index in [4.69, 9.17) is 0 Å². The molecule has 2 unspecified atom stereocenters. The number of hydrogen-bond acceptors (Lipinski definition) is 3. The van der Waals surface area contributed by atoms with Crippen LogP contribution in [-0.4, -0.2) is 23.2 Å². The summed E-state index contributed by atoms with van der Waals surface area (Å²) in [5, 5.41) is 9.71. The highest BCUT2D eigenvalue weighted by molar-refractivity contribution is 5.47. The molecule has 1 aromatic heterocycles. The predicted molar refractivity (Wildman–Crippen MR) is 67.6 cm³/mol. The van der Waals surface area contributed by atoms with Crippen LogP contribution in [0.4, 0.5) is 5.82 Å². The molecule has 0 aliphatic heterocycles. The quantitative estimate of drug-likeness (QED) is 0.850. The van der Waals surface area contributed by atoms with Crippen LogP contribution in [-0.2, 0) is 0 Å². The van der Waals surface area contributed by atoms with Gasteiger partial charge in [0, 0.05) is 24.8 Å². The number of pyridine rings is 1. The summed E-state index contributed by atoms with van der Waals surface area (Å²) in [6.45, 7) is 8.32. The third-order valence-corrected chi connectivity index (χ3v) is 3.18. The zero-order chi connectivity index (χ0) is 12.3. The summed E-state index contributed by atoms with van der Waals surface area (Å²) in [5.41, 5.74) is 0.887. The maximum absolute atomic E-state index is 9.71. The third-order valence-electron chi connectivity index (χ3n) is 3.18. The molecule has 3 heteroatoms. The Morgan fingerprint density at radius 3 is 2.38 bits per heavy atom. The Morgan fingerprint density at radius 1 is 1.25 bits per heavy atom. The van der Waals surface area contributed by atoms with E-state index in [0.29, 0.717) is 12.0 Å². The molecule has 0 aromatic carbocycles. The van der Waals surface area contributed by atoms with E-state index in [1.54, 1.807) is 13.1 Å². The van der Waals surface area contributed by atoms with E-state index < -0.39 is 6.10 Å². The Balaban J connectivity index is 3.03. The smallest absolute Gasteiger partial charge is 0.134 e. The van der Waals surface area contributed by atoms with Gasteiger partial charge >= 0.3 is 0 Å². The second-order valence-electron chi connectivity index (χ2n) is 4.69. The van der Waals surface area contributed by atoms with Crippen molar-refractivity contribution in [2.24, 2.45) is 5.92 Å². The number of hydrogen-bond donors (Lipinski definition) is 1. The molecular weight excluding hydrogens is 200 g/mol. The Kier molecular flexibility index (Phi) is 4.30. The number of rotatable bonds is 4. The van der Waals surface area contributed by atoms with Crippen LogP contribution >= 0.6 is 0 Å². The minimum absolute atomic E-state index is 0.396. The maximum atomic E-state index is 9.71. The van der Waals surface area contributed by atoms with Gasteiger partial charge in [-0.3, -0.25) is 0 Å². The average molecular weight is 222 g/mol. The molecule has 2 atom stereocenters. The Morgan fingerprint density at radius 2 is 1.88 bits per heavy atom. The fourth-order valence-corrected chi connectivity index (χ4v) is 1.67.